The van der Waals surface area contributed by atoms with Gasteiger partial charge in [-0.1, -0.05) is 30.3 Å². The zero-order valence-corrected chi connectivity index (χ0v) is 15.0. The fraction of sp³-hybridized carbons (Fsp3) is 0.0526. The maximum Gasteiger partial charge on any atom is 0.357 e. The number of nitrogens with zero attached hydrogens (tertiary/aromatic N) is 2. The first-order valence-electron chi connectivity index (χ1n) is 8.08. The van der Waals surface area contributed by atoms with E-state index in [-0.39, 0.29) is 11.6 Å². The van der Waals surface area contributed by atoms with Crippen LogP contribution in [0.5, 0.6) is 0 Å². The molecular weight excluding hydrogens is 364 g/mol. The van der Waals surface area contributed by atoms with Crippen molar-refractivity contribution in [2.75, 3.05) is 5.32 Å². The summed E-state index contributed by atoms with van der Waals surface area (Å²) in [4.78, 5) is 28.9. The maximum absolute atomic E-state index is 12.7. The highest BCUT2D eigenvalue weighted by Crippen LogP contribution is 2.29. The molecule has 0 fully saturated rings. The molecule has 0 aliphatic carbocycles. The number of aromatic carboxylic acids is 1. The summed E-state index contributed by atoms with van der Waals surface area (Å²) >= 11 is 1.32. The summed E-state index contributed by atoms with van der Waals surface area (Å²) in [7, 11) is 0. The summed E-state index contributed by atoms with van der Waals surface area (Å²) in [6.45, 7) is 1.79. The van der Waals surface area contributed by atoms with E-state index in [1.807, 2.05) is 30.3 Å². The third-order valence-electron chi connectivity index (χ3n) is 4.05. The minimum absolute atomic E-state index is 0.0820. The summed E-state index contributed by atoms with van der Waals surface area (Å²) in [5, 5.41) is 19.7. The molecule has 0 aliphatic rings. The first-order chi connectivity index (χ1) is 13.0. The maximum atomic E-state index is 12.7. The van der Waals surface area contributed by atoms with Gasteiger partial charge in [0.15, 0.2) is 5.69 Å². The van der Waals surface area contributed by atoms with E-state index in [9.17, 15) is 14.7 Å². The highest BCUT2D eigenvalue weighted by Gasteiger charge is 2.18. The number of aromatic amines is 1. The Morgan fingerprint density at radius 1 is 1.15 bits per heavy atom. The van der Waals surface area contributed by atoms with E-state index in [4.69, 9.17) is 0 Å². The van der Waals surface area contributed by atoms with Crippen molar-refractivity contribution in [2.24, 2.45) is 0 Å². The van der Waals surface area contributed by atoms with Gasteiger partial charge in [-0.05, 0) is 25.1 Å². The minimum Gasteiger partial charge on any atom is -0.476 e. The monoisotopic (exact) mass is 378 g/mol. The van der Waals surface area contributed by atoms with E-state index < -0.39 is 5.97 Å². The van der Waals surface area contributed by atoms with Crippen LogP contribution in [0.4, 0.5) is 5.69 Å². The number of anilines is 1. The standard InChI is InChI=1S/C19H14N4O3S/c1-10-16(27-18(20-10)11-5-3-2-4-6-11)17(24)21-12-7-8-14-13(9-12)15(19(25)26)23-22-14/h2-9H,1H3,(H,21,24)(H,22,23)(H,25,26). The summed E-state index contributed by atoms with van der Waals surface area (Å²) < 4.78 is 0. The summed E-state index contributed by atoms with van der Waals surface area (Å²) in [5.74, 6) is -1.41. The Bertz CT molecular complexity index is 1160. The molecule has 0 unspecified atom stereocenters. The summed E-state index contributed by atoms with van der Waals surface area (Å²) in [5.41, 5.74) is 2.60. The second-order valence-electron chi connectivity index (χ2n) is 5.89. The highest BCUT2D eigenvalue weighted by atomic mass is 32.1. The molecule has 0 atom stereocenters. The Morgan fingerprint density at radius 2 is 1.93 bits per heavy atom. The van der Waals surface area contributed by atoms with Crippen LogP contribution in [0.2, 0.25) is 0 Å². The number of carbonyl (C=O) groups is 2. The third kappa shape index (κ3) is 3.18. The second kappa shape index (κ2) is 6.65. The Balaban J connectivity index is 1.63. The molecule has 2 heterocycles. The Hall–Kier alpha value is -3.52. The number of aromatic nitrogens is 3. The predicted octanol–water partition coefficient (Wildman–Crippen LogP) is 3.95. The van der Waals surface area contributed by atoms with Gasteiger partial charge in [0.1, 0.15) is 9.88 Å². The van der Waals surface area contributed by atoms with Crippen molar-refractivity contribution in [3.05, 3.63) is 64.8 Å². The lowest BCUT2D eigenvalue weighted by Gasteiger charge is -2.04. The number of carboxylic acid groups (broad SMARTS) is 1. The van der Waals surface area contributed by atoms with Crippen molar-refractivity contribution in [3.8, 4) is 10.6 Å². The zero-order chi connectivity index (χ0) is 19.0. The third-order valence-corrected chi connectivity index (χ3v) is 5.25. The largest absolute Gasteiger partial charge is 0.476 e. The SMILES string of the molecule is Cc1nc(-c2ccccc2)sc1C(=O)Nc1ccc2[nH]nc(C(=O)O)c2c1. The van der Waals surface area contributed by atoms with Crippen molar-refractivity contribution < 1.29 is 14.7 Å². The molecular formula is C19H14N4O3S. The van der Waals surface area contributed by atoms with Gasteiger partial charge in [0.25, 0.3) is 5.91 Å². The van der Waals surface area contributed by atoms with E-state index in [0.29, 0.717) is 27.2 Å². The predicted molar refractivity (Wildman–Crippen MR) is 103 cm³/mol. The molecule has 2 aromatic heterocycles. The van der Waals surface area contributed by atoms with Crippen LogP contribution in [0.25, 0.3) is 21.5 Å². The molecule has 0 aliphatic heterocycles. The zero-order valence-electron chi connectivity index (χ0n) is 14.2. The molecule has 0 spiro atoms. The number of thiazole rings is 1. The van der Waals surface area contributed by atoms with Gasteiger partial charge in [-0.25, -0.2) is 9.78 Å². The van der Waals surface area contributed by atoms with E-state index in [2.05, 4.69) is 20.5 Å². The molecule has 0 bridgehead atoms. The molecule has 7 nitrogen and oxygen atoms in total. The Labute approximate surface area is 157 Å². The lowest BCUT2D eigenvalue weighted by Crippen LogP contribution is -2.11. The number of hydrogen-bond donors (Lipinski definition) is 3. The van der Waals surface area contributed by atoms with Crippen molar-refractivity contribution >= 4 is 39.8 Å². The number of aryl methyl sites for hydroxylation is 1. The van der Waals surface area contributed by atoms with Crippen LogP contribution < -0.4 is 5.32 Å². The van der Waals surface area contributed by atoms with Gasteiger partial charge >= 0.3 is 5.97 Å². The number of carboxylic acids is 1. The second-order valence-corrected chi connectivity index (χ2v) is 6.89. The van der Waals surface area contributed by atoms with Gasteiger partial charge < -0.3 is 10.4 Å². The number of hydrogen-bond acceptors (Lipinski definition) is 5. The van der Waals surface area contributed by atoms with Gasteiger partial charge in [0.2, 0.25) is 0 Å². The van der Waals surface area contributed by atoms with Crippen LogP contribution in [0.1, 0.15) is 25.9 Å². The van der Waals surface area contributed by atoms with Gasteiger partial charge in [-0.15, -0.1) is 11.3 Å². The number of benzene rings is 2. The van der Waals surface area contributed by atoms with Crippen LogP contribution in [0.15, 0.2) is 48.5 Å². The van der Waals surface area contributed by atoms with Crippen molar-refractivity contribution in [1.82, 2.24) is 15.2 Å². The number of H-pyrrole nitrogens is 1. The first kappa shape index (κ1) is 16.9. The topological polar surface area (TPSA) is 108 Å². The normalized spacial score (nSPS) is 10.9. The fourth-order valence-electron chi connectivity index (χ4n) is 2.75. The molecule has 4 aromatic rings. The lowest BCUT2D eigenvalue weighted by molar-refractivity contribution is 0.0692. The van der Waals surface area contributed by atoms with Gasteiger partial charge in [-0.3, -0.25) is 9.89 Å². The summed E-state index contributed by atoms with van der Waals surface area (Å²) in [6.07, 6.45) is 0. The number of amides is 1. The molecule has 1 amide bonds. The molecule has 0 saturated carbocycles. The van der Waals surface area contributed by atoms with Crippen LogP contribution in [0.3, 0.4) is 0 Å². The lowest BCUT2D eigenvalue weighted by atomic mass is 10.2. The van der Waals surface area contributed by atoms with Crippen LogP contribution in [-0.2, 0) is 0 Å². The van der Waals surface area contributed by atoms with Crippen molar-refractivity contribution in [2.45, 2.75) is 6.92 Å². The minimum atomic E-state index is -1.13. The number of nitrogens with one attached hydrogen (secondary N) is 2. The molecule has 27 heavy (non-hydrogen) atoms. The van der Waals surface area contributed by atoms with Crippen LogP contribution in [0, 0.1) is 6.92 Å². The fourth-order valence-corrected chi connectivity index (χ4v) is 3.72. The van der Waals surface area contributed by atoms with Crippen molar-refractivity contribution in [1.29, 1.82) is 0 Å². The molecule has 3 N–H and O–H groups in total. The smallest absolute Gasteiger partial charge is 0.357 e. The summed E-state index contributed by atoms with van der Waals surface area (Å²) in [6, 6.07) is 14.6. The van der Waals surface area contributed by atoms with Gasteiger partial charge in [0.05, 0.1) is 11.2 Å². The van der Waals surface area contributed by atoms with Crippen LogP contribution >= 0.6 is 11.3 Å². The average molecular weight is 378 g/mol. The highest BCUT2D eigenvalue weighted by molar-refractivity contribution is 7.17. The van der Waals surface area contributed by atoms with E-state index in [1.165, 1.54) is 11.3 Å². The quantitative estimate of drug-likeness (QED) is 0.498. The number of fused-ring (bicyclic) bond motifs is 1. The molecule has 4 rings (SSSR count). The molecule has 0 saturated heterocycles. The van der Waals surface area contributed by atoms with E-state index >= 15 is 0 Å². The van der Waals surface area contributed by atoms with E-state index in [1.54, 1.807) is 25.1 Å². The molecule has 134 valence electrons. The van der Waals surface area contributed by atoms with Gasteiger partial charge in [-0.2, -0.15) is 5.10 Å². The van der Waals surface area contributed by atoms with E-state index in [0.717, 1.165) is 10.6 Å². The number of carbonyl (C=O) groups excluding carboxylic acids is 1. The number of rotatable bonds is 4. The average Bonchev–Trinajstić information content (AvgIpc) is 3.26. The Morgan fingerprint density at radius 3 is 2.67 bits per heavy atom. The Kier molecular flexibility index (Phi) is 4.17. The van der Waals surface area contributed by atoms with Crippen molar-refractivity contribution in [3.63, 3.8) is 0 Å². The molecule has 8 heteroatoms. The molecule has 2 aromatic carbocycles. The van der Waals surface area contributed by atoms with Crippen LogP contribution in [-0.4, -0.2) is 32.2 Å². The molecule has 0 radical (unpaired) electrons. The van der Waals surface area contributed by atoms with Gasteiger partial charge in [0, 0.05) is 16.6 Å². The first-order valence-corrected chi connectivity index (χ1v) is 8.90.